The molecule has 1 N–H and O–H groups in total. The van der Waals surface area contributed by atoms with Crippen molar-refractivity contribution in [3.05, 3.63) is 65.4 Å². The Morgan fingerprint density at radius 2 is 1.84 bits per heavy atom. The van der Waals surface area contributed by atoms with E-state index in [0.717, 1.165) is 15.8 Å². The van der Waals surface area contributed by atoms with Crippen molar-refractivity contribution in [2.75, 3.05) is 19.0 Å². The number of nitrogens with zero attached hydrogens (tertiary/aromatic N) is 1. The summed E-state index contributed by atoms with van der Waals surface area (Å²) in [4.78, 5) is 29.6. The van der Waals surface area contributed by atoms with Crippen molar-refractivity contribution < 1.29 is 23.5 Å². The Bertz CT molecular complexity index is 1240. The summed E-state index contributed by atoms with van der Waals surface area (Å²) < 4.78 is 17.2. The third-order valence-corrected chi connectivity index (χ3v) is 5.74. The van der Waals surface area contributed by atoms with Crippen molar-refractivity contribution in [2.24, 2.45) is 0 Å². The Balaban J connectivity index is 1.66. The van der Waals surface area contributed by atoms with Gasteiger partial charge < -0.3 is 13.9 Å². The molecule has 0 aliphatic carbocycles. The molecule has 0 aliphatic heterocycles. The third-order valence-electron chi connectivity index (χ3n) is 4.69. The molecule has 0 spiro atoms. The predicted molar refractivity (Wildman–Crippen MR) is 119 cm³/mol. The van der Waals surface area contributed by atoms with Crippen LogP contribution < -0.4 is 10.1 Å². The fourth-order valence-corrected chi connectivity index (χ4v) is 4.20. The smallest absolute Gasteiger partial charge is 0.342 e. The lowest BCUT2D eigenvalue weighted by atomic mass is 10.1. The molecule has 0 saturated heterocycles. The van der Waals surface area contributed by atoms with Crippen LogP contribution in [0, 0.1) is 13.8 Å². The molecule has 0 fully saturated rings. The molecule has 0 radical (unpaired) electrons. The topological polar surface area (TPSA) is 90.7 Å². The monoisotopic (exact) mass is 436 g/mol. The third kappa shape index (κ3) is 4.15. The number of hydrogen-bond acceptors (Lipinski definition) is 7. The van der Waals surface area contributed by atoms with Gasteiger partial charge in [-0.15, -0.1) is 11.3 Å². The quantitative estimate of drug-likeness (QED) is 0.429. The molecule has 2 aromatic heterocycles. The van der Waals surface area contributed by atoms with E-state index in [9.17, 15) is 9.59 Å². The minimum absolute atomic E-state index is 0.135. The van der Waals surface area contributed by atoms with Crippen LogP contribution in [-0.2, 0) is 9.53 Å². The lowest BCUT2D eigenvalue weighted by Crippen LogP contribution is -2.20. The second kappa shape index (κ2) is 8.61. The average molecular weight is 436 g/mol. The van der Waals surface area contributed by atoms with Gasteiger partial charge in [-0.05, 0) is 37.6 Å². The van der Waals surface area contributed by atoms with Gasteiger partial charge >= 0.3 is 5.97 Å². The molecule has 2 heterocycles. The molecule has 158 valence electrons. The van der Waals surface area contributed by atoms with Crippen LogP contribution in [0.15, 0.2) is 52.9 Å². The Hall–Kier alpha value is -3.65. The SMILES string of the molecule is COC(=O)c1c(C)oc(NC(=O)COc2ccccc2C)c1-c1nc2ccccc2s1. The van der Waals surface area contributed by atoms with Gasteiger partial charge in [-0.1, -0.05) is 30.3 Å². The first-order valence-corrected chi connectivity index (χ1v) is 10.4. The average Bonchev–Trinajstić information content (AvgIpc) is 3.32. The molecule has 8 heteroatoms. The summed E-state index contributed by atoms with van der Waals surface area (Å²) in [5.41, 5.74) is 2.34. The lowest BCUT2D eigenvalue weighted by Gasteiger charge is -2.09. The molecule has 0 aliphatic rings. The highest BCUT2D eigenvalue weighted by molar-refractivity contribution is 7.21. The molecular weight excluding hydrogens is 416 g/mol. The van der Waals surface area contributed by atoms with Gasteiger partial charge in [0.05, 0.1) is 22.9 Å². The van der Waals surface area contributed by atoms with Crippen LogP contribution in [-0.4, -0.2) is 30.6 Å². The van der Waals surface area contributed by atoms with Gasteiger partial charge in [-0.25, -0.2) is 9.78 Å². The zero-order valence-electron chi connectivity index (χ0n) is 17.2. The number of rotatable bonds is 6. The largest absolute Gasteiger partial charge is 0.483 e. The second-order valence-corrected chi connectivity index (χ2v) is 7.85. The minimum Gasteiger partial charge on any atom is -0.483 e. The first-order valence-electron chi connectivity index (χ1n) is 9.54. The molecule has 31 heavy (non-hydrogen) atoms. The van der Waals surface area contributed by atoms with Crippen molar-refractivity contribution in [1.82, 2.24) is 4.98 Å². The van der Waals surface area contributed by atoms with Gasteiger partial charge in [0.1, 0.15) is 22.1 Å². The highest BCUT2D eigenvalue weighted by Crippen LogP contribution is 2.40. The van der Waals surface area contributed by atoms with Gasteiger partial charge in [-0.3, -0.25) is 10.1 Å². The van der Waals surface area contributed by atoms with Crippen molar-refractivity contribution in [3.8, 4) is 16.3 Å². The van der Waals surface area contributed by atoms with E-state index in [1.54, 1.807) is 13.0 Å². The molecule has 1 amide bonds. The van der Waals surface area contributed by atoms with E-state index in [2.05, 4.69) is 10.3 Å². The number of furan rings is 1. The fourth-order valence-electron chi connectivity index (χ4n) is 3.19. The maximum atomic E-state index is 12.6. The van der Waals surface area contributed by atoms with E-state index < -0.39 is 11.9 Å². The maximum absolute atomic E-state index is 12.6. The molecule has 2 aromatic carbocycles. The molecule has 7 nitrogen and oxygen atoms in total. The van der Waals surface area contributed by atoms with Crippen LogP contribution >= 0.6 is 11.3 Å². The number of esters is 1. The number of para-hydroxylation sites is 2. The number of thiazole rings is 1. The number of aryl methyl sites for hydroxylation is 2. The number of fused-ring (bicyclic) bond motifs is 1. The molecule has 0 atom stereocenters. The van der Waals surface area contributed by atoms with Crippen LogP contribution in [0.4, 0.5) is 5.88 Å². The number of methoxy groups -OCH3 is 1. The number of hydrogen-bond donors (Lipinski definition) is 1. The summed E-state index contributed by atoms with van der Waals surface area (Å²) in [5, 5.41) is 3.26. The summed E-state index contributed by atoms with van der Waals surface area (Å²) in [6.45, 7) is 3.33. The molecule has 4 aromatic rings. The van der Waals surface area contributed by atoms with E-state index in [-0.39, 0.29) is 18.1 Å². The van der Waals surface area contributed by atoms with Crippen LogP contribution in [0.25, 0.3) is 20.8 Å². The number of anilines is 1. The molecule has 0 bridgehead atoms. The zero-order chi connectivity index (χ0) is 22.0. The highest BCUT2D eigenvalue weighted by Gasteiger charge is 2.28. The maximum Gasteiger partial charge on any atom is 0.342 e. The van der Waals surface area contributed by atoms with Gasteiger partial charge in [0, 0.05) is 0 Å². The first kappa shape index (κ1) is 20.6. The number of nitrogens with one attached hydrogen (secondary N) is 1. The number of benzene rings is 2. The zero-order valence-corrected chi connectivity index (χ0v) is 18.0. The predicted octanol–water partition coefficient (Wildman–Crippen LogP) is 4.98. The summed E-state index contributed by atoms with van der Waals surface area (Å²) in [5.74, 6) is 0.101. The number of ether oxygens (including phenoxy) is 2. The van der Waals surface area contributed by atoms with Gasteiger partial charge in [0.2, 0.25) is 5.88 Å². The van der Waals surface area contributed by atoms with Crippen molar-refractivity contribution >= 4 is 39.3 Å². The molecule has 0 saturated carbocycles. The minimum atomic E-state index is -0.563. The van der Waals surface area contributed by atoms with E-state index >= 15 is 0 Å². The number of carbonyl (C=O) groups is 2. The van der Waals surface area contributed by atoms with E-state index in [1.165, 1.54) is 18.4 Å². The van der Waals surface area contributed by atoms with Crippen LogP contribution in [0.1, 0.15) is 21.7 Å². The van der Waals surface area contributed by atoms with Crippen molar-refractivity contribution in [1.29, 1.82) is 0 Å². The first-order chi connectivity index (χ1) is 15.0. The standard InChI is InChI=1S/C23H20N2O5S/c1-13-8-4-6-10-16(13)29-12-18(26)25-21-20(19(14(2)30-21)23(27)28-3)22-24-15-9-5-7-11-17(15)31-22/h4-11H,12H2,1-3H3,(H,25,26). The van der Waals surface area contributed by atoms with Crippen molar-refractivity contribution in [2.45, 2.75) is 13.8 Å². The molecule has 4 rings (SSSR count). The summed E-state index contributed by atoms with van der Waals surface area (Å²) in [6.07, 6.45) is 0. The Labute approximate surface area is 182 Å². The van der Waals surface area contributed by atoms with Gasteiger partial charge in [0.25, 0.3) is 5.91 Å². The van der Waals surface area contributed by atoms with Crippen molar-refractivity contribution in [3.63, 3.8) is 0 Å². The second-order valence-electron chi connectivity index (χ2n) is 6.82. The molecule has 0 unspecified atom stereocenters. The number of amides is 1. The fraction of sp³-hybridized carbons (Fsp3) is 0.174. The van der Waals surface area contributed by atoms with Gasteiger partial charge in [-0.2, -0.15) is 0 Å². The Kier molecular flexibility index (Phi) is 5.73. The van der Waals surface area contributed by atoms with E-state index in [4.69, 9.17) is 13.9 Å². The summed E-state index contributed by atoms with van der Waals surface area (Å²) in [7, 11) is 1.30. The van der Waals surface area contributed by atoms with Crippen LogP contribution in [0.2, 0.25) is 0 Å². The Morgan fingerprint density at radius 1 is 1.10 bits per heavy atom. The Morgan fingerprint density at radius 3 is 2.58 bits per heavy atom. The molecular formula is C23H20N2O5S. The van der Waals surface area contributed by atoms with E-state index in [1.807, 2.05) is 49.4 Å². The lowest BCUT2D eigenvalue weighted by molar-refractivity contribution is -0.118. The summed E-state index contributed by atoms with van der Waals surface area (Å²) in [6, 6.07) is 15.1. The van der Waals surface area contributed by atoms with Gasteiger partial charge in [0.15, 0.2) is 6.61 Å². The van der Waals surface area contributed by atoms with Crippen LogP contribution in [0.3, 0.4) is 0 Å². The van der Waals surface area contributed by atoms with E-state index in [0.29, 0.717) is 22.1 Å². The van der Waals surface area contributed by atoms with Crippen LogP contribution in [0.5, 0.6) is 5.75 Å². The summed E-state index contributed by atoms with van der Waals surface area (Å²) >= 11 is 1.40. The number of carbonyl (C=O) groups excluding carboxylic acids is 2. The normalized spacial score (nSPS) is 10.8. The highest BCUT2D eigenvalue weighted by atomic mass is 32.1. The number of aromatic nitrogens is 1.